The molecule has 0 aromatic carbocycles. The quantitative estimate of drug-likeness (QED) is 0.735. The van der Waals surface area contributed by atoms with Crippen LogP contribution in [-0.4, -0.2) is 25.0 Å². The number of piperidine rings is 1. The minimum Gasteiger partial charge on any atom is -0.317 e. The van der Waals surface area contributed by atoms with Gasteiger partial charge in [-0.2, -0.15) is 18.4 Å². The lowest BCUT2D eigenvalue weighted by molar-refractivity contribution is -0.169. The van der Waals surface area contributed by atoms with Crippen LogP contribution in [-0.2, 0) is 4.79 Å². The molecular formula is C9H13F3N2O. The van der Waals surface area contributed by atoms with E-state index in [0.29, 0.717) is 0 Å². The second kappa shape index (κ2) is 7.23. The van der Waals surface area contributed by atoms with Crippen molar-refractivity contribution in [2.24, 2.45) is 0 Å². The zero-order valence-electron chi connectivity index (χ0n) is 8.23. The molecule has 1 saturated heterocycles. The van der Waals surface area contributed by atoms with Crippen molar-refractivity contribution in [2.45, 2.75) is 31.9 Å². The zero-order chi connectivity index (χ0) is 11.7. The van der Waals surface area contributed by atoms with Gasteiger partial charge in [-0.15, -0.1) is 0 Å². The van der Waals surface area contributed by atoms with Crippen LogP contribution < -0.4 is 5.32 Å². The first-order chi connectivity index (χ1) is 6.98. The molecule has 1 aliphatic heterocycles. The van der Waals surface area contributed by atoms with Gasteiger partial charge in [-0.05, 0) is 25.9 Å². The number of hydrogen-bond acceptors (Lipinski definition) is 3. The molecule has 15 heavy (non-hydrogen) atoms. The second-order valence-corrected chi connectivity index (χ2v) is 3.07. The lowest BCUT2D eigenvalue weighted by Gasteiger charge is -2.08. The Kier molecular flexibility index (Phi) is 6.71. The van der Waals surface area contributed by atoms with Crippen molar-refractivity contribution in [2.75, 3.05) is 13.1 Å². The first-order valence-corrected chi connectivity index (χ1v) is 4.66. The predicted molar refractivity (Wildman–Crippen MR) is 48.0 cm³/mol. The summed E-state index contributed by atoms with van der Waals surface area (Å²) >= 11 is 0. The highest BCUT2D eigenvalue weighted by molar-refractivity contribution is 5.85. The summed E-state index contributed by atoms with van der Waals surface area (Å²) in [7, 11) is 0. The number of nitrogens with one attached hydrogen (secondary N) is 1. The highest BCUT2D eigenvalue weighted by Gasteiger charge is 2.37. The summed E-state index contributed by atoms with van der Waals surface area (Å²) < 4.78 is 33.4. The second-order valence-electron chi connectivity index (χ2n) is 3.07. The topological polar surface area (TPSA) is 52.9 Å². The minimum absolute atomic E-state index is 1.09. The van der Waals surface area contributed by atoms with Gasteiger partial charge in [0.2, 0.25) is 5.78 Å². The van der Waals surface area contributed by atoms with Crippen LogP contribution in [0, 0.1) is 11.3 Å². The number of carbonyl (C=O) groups excluding carboxylic acids is 1. The first-order valence-electron chi connectivity index (χ1n) is 4.66. The van der Waals surface area contributed by atoms with Gasteiger partial charge in [-0.3, -0.25) is 4.79 Å². The predicted octanol–water partition coefficient (Wildman–Crippen LogP) is 1.79. The van der Waals surface area contributed by atoms with E-state index in [0.717, 1.165) is 6.07 Å². The molecule has 1 aliphatic rings. The van der Waals surface area contributed by atoms with E-state index in [9.17, 15) is 18.0 Å². The summed E-state index contributed by atoms with van der Waals surface area (Å²) in [5.41, 5.74) is 0. The molecule has 0 spiro atoms. The highest BCUT2D eigenvalue weighted by Crippen LogP contribution is 2.16. The number of rotatable bonds is 1. The molecule has 0 radical (unpaired) electrons. The summed E-state index contributed by atoms with van der Waals surface area (Å²) in [6.45, 7) is 2.50. The van der Waals surface area contributed by atoms with Gasteiger partial charge in [0.1, 0.15) is 6.42 Å². The van der Waals surface area contributed by atoms with Gasteiger partial charge >= 0.3 is 6.18 Å². The Morgan fingerprint density at radius 1 is 1.27 bits per heavy atom. The summed E-state index contributed by atoms with van der Waals surface area (Å²) in [5, 5.41) is 10.9. The molecule has 0 bridgehead atoms. The first kappa shape index (κ1) is 13.9. The van der Waals surface area contributed by atoms with Crippen molar-refractivity contribution in [3.8, 4) is 6.07 Å². The molecule has 0 unspecified atom stereocenters. The van der Waals surface area contributed by atoms with Crippen LogP contribution in [0.25, 0.3) is 0 Å². The van der Waals surface area contributed by atoms with Crippen LogP contribution in [0.1, 0.15) is 25.7 Å². The Bertz CT molecular complexity index is 217. The van der Waals surface area contributed by atoms with Crippen LogP contribution in [0.2, 0.25) is 0 Å². The third-order valence-corrected chi connectivity index (χ3v) is 1.76. The monoisotopic (exact) mass is 222 g/mol. The smallest absolute Gasteiger partial charge is 0.317 e. The average molecular weight is 222 g/mol. The van der Waals surface area contributed by atoms with E-state index in [1.165, 1.54) is 32.4 Å². The third-order valence-electron chi connectivity index (χ3n) is 1.76. The Morgan fingerprint density at radius 2 is 1.80 bits per heavy atom. The van der Waals surface area contributed by atoms with E-state index in [1.807, 2.05) is 0 Å². The number of carbonyl (C=O) groups is 1. The van der Waals surface area contributed by atoms with Crippen molar-refractivity contribution in [3.63, 3.8) is 0 Å². The van der Waals surface area contributed by atoms with E-state index in [2.05, 4.69) is 5.32 Å². The van der Waals surface area contributed by atoms with Gasteiger partial charge in [0.15, 0.2) is 0 Å². The number of nitriles is 1. The molecule has 0 atom stereocenters. The normalized spacial score (nSPS) is 15.9. The van der Waals surface area contributed by atoms with E-state index in [-0.39, 0.29) is 0 Å². The van der Waals surface area contributed by atoms with Gasteiger partial charge in [-0.1, -0.05) is 6.42 Å². The van der Waals surface area contributed by atoms with Crippen LogP contribution in [0.4, 0.5) is 13.2 Å². The maximum atomic E-state index is 11.1. The fraction of sp³-hybridized carbons (Fsp3) is 0.778. The van der Waals surface area contributed by atoms with E-state index >= 15 is 0 Å². The standard InChI is InChI=1S/C5H11N.C4H2F3NO/c1-2-4-6-5-3-1;5-4(6,7)3(9)1-2-8/h6H,1-5H2;1H2. The largest absolute Gasteiger partial charge is 0.451 e. The van der Waals surface area contributed by atoms with E-state index in [4.69, 9.17) is 5.26 Å². The lowest BCUT2D eigenvalue weighted by atomic mass is 10.2. The maximum Gasteiger partial charge on any atom is 0.451 e. The van der Waals surface area contributed by atoms with Crippen molar-refractivity contribution in [1.82, 2.24) is 5.32 Å². The fourth-order valence-electron chi connectivity index (χ4n) is 0.974. The molecule has 0 aromatic heterocycles. The molecule has 0 aromatic rings. The number of hydrogen-bond donors (Lipinski definition) is 1. The van der Waals surface area contributed by atoms with Crippen LogP contribution >= 0.6 is 0 Å². The fourth-order valence-corrected chi connectivity index (χ4v) is 0.974. The number of Topliss-reactive ketones (excluding diaryl/α,β-unsaturated/α-hetero) is 1. The van der Waals surface area contributed by atoms with Gasteiger partial charge in [0, 0.05) is 0 Å². The number of alkyl halides is 3. The zero-order valence-corrected chi connectivity index (χ0v) is 8.23. The average Bonchev–Trinajstić information content (AvgIpc) is 2.20. The molecule has 1 rings (SSSR count). The Morgan fingerprint density at radius 3 is 1.93 bits per heavy atom. The van der Waals surface area contributed by atoms with Gasteiger partial charge in [-0.25, -0.2) is 0 Å². The molecule has 1 heterocycles. The van der Waals surface area contributed by atoms with E-state index in [1.54, 1.807) is 0 Å². The van der Waals surface area contributed by atoms with Crippen LogP contribution in [0.5, 0.6) is 0 Å². The molecule has 6 heteroatoms. The molecule has 0 amide bonds. The lowest BCUT2D eigenvalue weighted by Crippen LogP contribution is -2.21. The Hall–Kier alpha value is -1.09. The summed E-state index contributed by atoms with van der Waals surface area (Å²) in [6, 6.07) is 1.10. The van der Waals surface area contributed by atoms with Gasteiger partial charge in [0.25, 0.3) is 0 Å². The number of nitrogens with zero attached hydrogens (tertiary/aromatic N) is 1. The third kappa shape index (κ3) is 7.94. The Balaban J connectivity index is 0.000000280. The van der Waals surface area contributed by atoms with Crippen molar-refractivity contribution in [1.29, 1.82) is 5.26 Å². The minimum atomic E-state index is -4.85. The highest BCUT2D eigenvalue weighted by atomic mass is 19.4. The molecule has 3 nitrogen and oxygen atoms in total. The number of halogens is 3. The molecule has 86 valence electrons. The summed E-state index contributed by atoms with van der Waals surface area (Å²) in [6.07, 6.45) is -1.73. The van der Waals surface area contributed by atoms with Gasteiger partial charge in [0.05, 0.1) is 6.07 Å². The molecule has 1 N–H and O–H groups in total. The van der Waals surface area contributed by atoms with E-state index < -0.39 is 18.4 Å². The van der Waals surface area contributed by atoms with Crippen LogP contribution in [0.15, 0.2) is 0 Å². The summed E-state index contributed by atoms with van der Waals surface area (Å²) in [5.74, 6) is -2.00. The maximum absolute atomic E-state index is 11.1. The molecule has 0 aliphatic carbocycles. The van der Waals surface area contributed by atoms with Crippen molar-refractivity contribution in [3.05, 3.63) is 0 Å². The number of ketones is 1. The summed E-state index contributed by atoms with van der Waals surface area (Å²) in [4.78, 5) is 9.72. The van der Waals surface area contributed by atoms with Crippen molar-refractivity contribution >= 4 is 5.78 Å². The molecule has 1 fully saturated rings. The Labute approximate surface area is 86.3 Å². The van der Waals surface area contributed by atoms with Crippen LogP contribution in [0.3, 0.4) is 0 Å². The molecular weight excluding hydrogens is 209 g/mol. The van der Waals surface area contributed by atoms with Crippen molar-refractivity contribution < 1.29 is 18.0 Å². The molecule has 0 saturated carbocycles. The SMILES string of the molecule is C1CCNCC1.N#CCC(=O)C(F)(F)F. The van der Waals surface area contributed by atoms with Gasteiger partial charge < -0.3 is 5.32 Å².